The standard InChI is InChI=1S/C6H15N.C6H13O5P.C2H6/c1-6(2)4-5-7-3;1-6(2,5(8)3-7)4-11-12(9)10;1-2/h6-7H,4-5H2,1-3H3;3,5,8-10H,4H2,1-2H3;1-2H3. The molecule has 0 rings (SSSR count). The van der Waals surface area contributed by atoms with E-state index in [1.807, 2.05) is 20.9 Å². The van der Waals surface area contributed by atoms with Gasteiger partial charge in [0.1, 0.15) is 12.4 Å². The average molecular weight is 327 g/mol. The lowest BCUT2D eigenvalue weighted by atomic mass is 9.88. The fourth-order valence-corrected chi connectivity index (χ4v) is 1.37. The zero-order valence-electron chi connectivity index (χ0n) is 14.5. The summed E-state index contributed by atoms with van der Waals surface area (Å²) in [7, 11) is -0.433. The molecular weight excluding hydrogens is 293 g/mol. The quantitative estimate of drug-likeness (QED) is 0.402. The first kappa shape index (κ1) is 25.8. The fraction of sp³-hybridized carbons (Fsp3) is 0.929. The molecule has 0 spiro atoms. The number of rotatable bonds is 8. The molecule has 0 aromatic carbocycles. The number of hydrogen-bond donors (Lipinski definition) is 4. The van der Waals surface area contributed by atoms with Gasteiger partial charge in [0.2, 0.25) is 0 Å². The predicted octanol–water partition coefficient (Wildman–Crippen LogP) is 2.08. The molecule has 0 heterocycles. The molecule has 0 aliphatic carbocycles. The second-order valence-corrected chi connectivity index (χ2v) is 6.15. The third-order valence-corrected chi connectivity index (χ3v) is 2.81. The minimum absolute atomic E-state index is 0.0778. The number of aldehydes is 1. The Hall–Kier alpha value is -0.1000. The van der Waals surface area contributed by atoms with Crippen molar-refractivity contribution in [2.75, 3.05) is 20.2 Å². The lowest BCUT2D eigenvalue weighted by Crippen LogP contribution is -2.34. The van der Waals surface area contributed by atoms with E-state index in [4.69, 9.17) is 14.9 Å². The van der Waals surface area contributed by atoms with Crippen molar-refractivity contribution in [1.29, 1.82) is 0 Å². The molecule has 1 unspecified atom stereocenters. The fourth-order valence-electron chi connectivity index (χ4n) is 0.927. The number of nitrogens with one attached hydrogen (secondary N) is 1. The molecule has 1 atom stereocenters. The molecule has 0 aliphatic rings. The molecule has 0 saturated carbocycles. The van der Waals surface area contributed by atoms with E-state index in [2.05, 4.69) is 23.7 Å². The van der Waals surface area contributed by atoms with E-state index in [0.29, 0.717) is 6.29 Å². The molecule has 0 saturated heterocycles. The Morgan fingerprint density at radius 1 is 1.29 bits per heavy atom. The lowest BCUT2D eigenvalue weighted by molar-refractivity contribution is -0.121. The molecule has 0 aliphatic heterocycles. The van der Waals surface area contributed by atoms with Gasteiger partial charge in [-0.1, -0.05) is 41.5 Å². The van der Waals surface area contributed by atoms with Gasteiger partial charge < -0.3 is 29.5 Å². The Kier molecular flexibility index (Phi) is 20.0. The molecule has 0 amide bonds. The smallest absolute Gasteiger partial charge is 0.327 e. The van der Waals surface area contributed by atoms with Gasteiger partial charge in [-0.2, -0.15) is 0 Å². The summed E-state index contributed by atoms with van der Waals surface area (Å²) in [5, 5.41) is 12.2. The van der Waals surface area contributed by atoms with Crippen molar-refractivity contribution in [3.05, 3.63) is 0 Å². The summed E-state index contributed by atoms with van der Waals surface area (Å²) in [5.41, 5.74) is -0.798. The minimum atomic E-state index is -2.42. The van der Waals surface area contributed by atoms with Gasteiger partial charge in [0, 0.05) is 5.41 Å². The largest absolute Gasteiger partial charge is 0.385 e. The van der Waals surface area contributed by atoms with Crippen molar-refractivity contribution in [3.63, 3.8) is 0 Å². The molecule has 0 aromatic rings. The zero-order valence-corrected chi connectivity index (χ0v) is 15.4. The summed E-state index contributed by atoms with van der Waals surface area (Å²) in [6, 6.07) is 0. The van der Waals surface area contributed by atoms with Crippen LogP contribution >= 0.6 is 8.60 Å². The van der Waals surface area contributed by atoms with Crippen LogP contribution in [0.5, 0.6) is 0 Å². The summed E-state index contributed by atoms with van der Waals surface area (Å²) < 4.78 is 4.49. The molecule has 4 N–H and O–H groups in total. The zero-order chi connectivity index (χ0) is 17.5. The average Bonchev–Trinajstić information content (AvgIpc) is 2.44. The van der Waals surface area contributed by atoms with Gasteiger partial charge in [0.15, 0.2) is 0 Å². The van der Waals surface area contributed by atoms with Gasteiger partial charge in [-0.3, -0.25) is 0 Å². The van der Waals surface area contributed by atoms with Crippen LogP contribution in [0.25, 0.3) is 0 Å². The molecule has 0 fully saturated rings. The summed E-state index contributed by atoms with van der Waals surface area (Å²) in [6.07, 6.45) is 0.518. The minimum Gasteiger partial charge on any atom is -0.385 e. The van der Waals surface area contributed by atoms with E-state index in [1.165, 1.54) is 6.42 Å². The van der Waals surface area contributed by atoms with E-state index < -0.39 is 20.1 Å². The Labute approximate surface area is 130 Å². The van der Waals surface area contributed by atoms with Gasteiger partial charge in [-0.05, 0) is 25.9 Å². The number of aliphatic hydroxyl groups is 1. The SMILES string of the molecule is CC.CC(C)(COP(O)O)C(O)C=O.CNCCC(C)C. The number of hydrogen-bond acceptors (Lipinski definition) is 6. The summed E-state index contributed by atoms with van der Waals surface area (Å²) in [4.78, 5) is 27.0. The van der Waals surface area contributed by atoms with Gasteiger partial charge in [0.25, 0.3) is 0 Å². The maximum atomic E-state index is 10.2. The van der Waals surface area contributed by atoms with Crippen molar-refractivity contribution in [2.24, 2.45) is 11.3 Å². The monoisotopic (exact) mass is 327 g/mol. The van der Waals surface area contributed by atoms with Crippen molar-refractivity contribution in [2.45, 2.75) is 54.1 Å². The first-order chi connectivity index (χ1) is 9.67. The van der Waals surface area contributed by atoms with Gasteiger partial charge in [-0.15, -0.1) is 0 Å². The van der Waals surface area contributed by atoms with E-state index in [-0.39, 0.29) is 6.61 Å². The first-order valence-electron chi connectivity index (χ1n) is 7.26. The van der Waals surface area contributed by atoms with Crippen LogP contribution in [-0.2, 0) is 9.32 Å². The first-order valence-corrected chi connectivity index (χ1v) is 8.42. The Morgan fingerprint density at radius 3 is 2.00 bits per heavy atom. The lowest BCUT2D eigenvalue weighted by Gasteiger charge is -2.26. The summed E-state index contributed by atoms with van der Waals surface area (Å²) in [5.74, 6) is 0.840. The second kappa shape index (κ2) is 16.3. The molecule has 0 bridgehead atoms. The van der Waals surface area contributed by atoms with Crippen molar-refractivity contribution in [3.8, 4) is 0 Å². The van der Waals surface area contributed by atoms with Gasteiger partial charge in [0.05, 0.1) is 6.61 Å². The van der Waals surface area contributed by atoms with E-state index in [1.54, 1.807) is 13.8 Å². The molecule has 21 heavy (non-hydrogen) atoms. The molecule has 0 aromatic heterocycles. The Balaban J connectivity index is -0.000000307. The van der Waals surface area contributed by atoms with E-state index >= 15 is 0 Å². The molecule has 0 radical (unpaired) electrons. The predicted molar refractivity (Wildman–Crippen MR) is 87.9 cm³/mol. The highest BCUT2D eigenvalue weighted by atomic mass is 31.2. The second-order valence-electron chi connectivity index (χ2n) is 5.38. The van der Waals surface area contributed by atoms with Crippen LogP contribution in [0.2, 0.25) is 0 Å². The van der Waals surface area contributed by atoms with Gasteiger partial charge >= 0.3 is 8.60 Å². The highest BCUT2D eigenvalue weighted by Gasteiger charge is 2.28. The third-order valence-electron chi connectivity index (χ3n) is 2.45. The number of carbonyl (C=O) groups is 1. The van der Waals surface area contributed by atoms with Crippen LogP contribution in [0.4, 0.5) is 0 Å². The van der Waals surface area contributed by atoms with Crippen LogP contribution in [0.1, 0.15) is 48.0 Å². The van der Waals surface area contributed by atoms with Crippen LogP contribution in [0.3, 0.4) is 0 Å². The topological polar surface area (TPSA) is 99.0 Å². The normalized spacial score (nSPS) is 12.2. The highest BCUT2D eigenvalue weighted by Crippen LogP contribution is 2.30. The van der Waals surface area contributed by atoms with E-state index in [0.717, 1.165) is 12.5 Å². The van der Waals surface area contributed by atoms with Crippen molar-refractivity contribution in [1.82, 2.24) is 5.32 Å². The summed E-state index contributed by atoms with van der Waals surface area (Å²) >= 11 is 0. The van der Waals surface area contributed by atoms with Crippen LogP contribution < -0.4 is 5.32 Å². The van der Waals surface area contributed by atoms with Gasteiger partial charge in [-0.25, -0.2) is 0 Å². The maximum absolute atomic E-state index is 10.2. The Morgan fingerprint density at radius 2 is 1.76 bits per heavy atom. The third kappa shape index (κ3) is 19.9. The molecular formula is C14H34NO5P. The number of carbonyl (C=O) groups excluding carboxylic acids is 1. The highest BCUT2D eigenvalue weighted by molar-refractivity contribution is 7.39. The van der Waals surface area contributed by atoms with Crippen molar-refractivity contribution >= 4 is 14.9 Å². The molecule has 6 nitrogen and oxygen atoms in total. The van der Waals surface area contributed by atoms with Crippen LogP contribution in [0.15, 0.2) is 0 Å². The summed E-state index contributed by atoms with van der Waals surface area (Å²) in [6.45, 7) is 12.7. The number of aliphatic hydroxyl groups excluding tert-OH is 1. The Bertz CT molecular complexity index is 225. The van der Waals surface area contributed by atoms with Crippen LogP contribution in [-0.4, -0.2) is 47.5 Å². The molecule has 130 valence electrons. The van der Waals surface area contributed by atoms with E-state index in [9.17, 15) is 4.79 Å². The molecule has 7 heteroatoms. The van der Waals surface area contributed by atoms with Crippen molar-refractivity contribution < 1.29 is 24.2 Å². The maximum Gasteiger partial charge on any atom is 0.327 e. The van der Waals surface area contributed by atoms with Crippen LogP contribution in [0, 0.1) is 11.3 Å².